The number of hydrogen-bond donors (Lipinski definition) is 0. The molecule has 0 atom stereocenters. The van der Waals surface area contributed by atoms with Crippen LogP contribution in [0.1, 0.15) is 33.3 Å². The molecule has 1 heterocycles. The Morgan fingerprint density at radius 1 is 1.06 bits per heavy atom. The molecule has 1 fully saturated rings. The van der Waals surface area contributed by atoms with E-state index >= 15 is 0 Å². The van der Waals surface area contributed by atoms with Crippen LogP contribution in [0.25, 0.3) is 5.47 Å². The SMILES string of the molecule is CC1(C)OB(/C(=C\I)c2ccccc2)OC1(C)C. The molecule has 1 aliphatic rings. The van der Waals surface area contributed by atoms with E-state index in [2.05, 4.69) is 62.4 Å². The summed E-state index contributed by atoms with van der Waals surface area (Å²) in [5.41, 5.74) is 1.63. The van der Waals surface area contributed by atoms with Crippen LogP contribution < -0.4 is 0 Å². The molecule has 2 nitrogen and oxygen atoms in total. The third-order valence-electron chi connectivity index (χ3n) is 3.73. The Bertz CT molecular complexity index is 438. The summed E-state index contributed by atoms with van der Waals surface area (Å²) in [7, 11) is -0.297. The van der Waals surface area contributed by atoms with E-state index in [4.69, 9.17) is 9.31 Å². The lowest BCUT2D eigenvalue weighted by Crippen LogP contribution is -2.41. The van der Waals surface area contributed by atoms with Gasteiger partial charge in [-0.2, -0.15) is 0 Å². The molecule has 0 spiro atoms. The first kappa shape index (κ1) is 14.1. The molecule has 0 N–H and O–H groups in total. The summed E-state index contributed by atoms with van der Waals surface area (Å²) in [6.45, 7) is 8.29. The van der Waals surface area contributed by atoms with Crippen molar-refractivity contribution in [3.8, 4) is 0 Å². The van der Waals surface area contributed by atoms with Crippen molar-refractivity contribution in [2.24, 2.45) is 0 Å². The van der Waals surface area contributed by atoms with Gasteiger partial charge in [0.2, 0.25) is 0 Å². The van der Waals surface area contributed by atoms with Gasteiger partial charge in [0.15, 0.2) is 0 Å². The highest BCUT2D eigenvalue weighted by Gasteiger charge is 2.52. The molecule has 18 heavy (non-hydrogen) atoms. The van der Waals surface area contributed by atoms with E-state index in [1.54, 1.807) is 0 Å². The Balaban J connectivity index is 2.28. The van der Waals surface area contributed by atoms with Crippen LogP contribution >= 0.6 is 22.6 Å². The minimum absolute atomic E-state index is 0.294. The van der Waals surface area contributed by atoms with E-state index in [0.29, 0.717) is 0 Å². The first-order valence-electron chi connectivity index (χ1n) is 6.09. The second-order valence-corrected chi connectivity index (χ2v) is 6.14. The van der Waals surface area contributed by atoms with Gasteiger partial charge in [-0.3, -0.25) is 0 Å². The molecule has 0 bridgehead atoms. The fourth-order valence-corrected chi connectivity index (χ4v) is 2.50. The van der Waals surface area contributed by atoms with Crippen molar-refractivity contribution in [3.05, 3.63) is 40.0 Å². The van der Waals surface area contributed by atoms with Crippen molar-refractivity contribution in [2.75, 3.05) is 0 Å². The van der Waals surface area contributed by atoms with Crippen LogP contribution in [-0.2, 0) is 9.31 Å². The largest absolute Gasteiger partial charge is 0.495 e. The molecular weight excluding hydrogens is 338 g/mol. The Hall–Kier alpha value is -0.325. The zero-order valence-corrected chi connectivity index (χ0v) is 13.4. The van der Waals surface area contributed by atoms with Crippen LogP contribution in [-0.4, -0.2) is 18.3 Å². The molecule has 4 heteroatoms. The Morgan fingerprint density at radius 2 is 1.56 bits per heavy atom. The fraction of sp³-hybridized carbons (Fsp3) is 0.429. The average Bonchev–Trinajstić information content (AvgIpc) is 2.50. The van der Waals surface area contributed by atoms with Crippen LogP contribution in [0.2, 0.25) is 0 Å². The van der Waals surface area contributed by atoms with Gasteiger partial charge in [0.1, 0.15) is 0 Å². The molecular formula is C14H18BIO2. The fourth-order valence-electron chi connectivity index (χ4n) is 1.85. The summed E-state index contributed by atoms with van der Waals surface area (Å²) in [4.78, 5) is 0. The Labute approximate surface area is 123 Å². The van der Waals surface area contributed by atoms with E-state index < -0.39 is 0 Å². The molecule has 1 aromatic carbocycles. The van der Waals surface area contributed by atoms with Crippen LogP contribution in [0.15, 0.2) is 34.4 Å². The summed E-state index contributed by atoms with van der Waals surface area (Å²) in [6.07, 6.45) is 0. The van der Waals surface area contributed by atoms with Gasteiger partial charge in [-0.05, 0) is 42.8 Å². The minimum atomic E-state index is -0.297. The molecule has 0 amide bonds. The van der Waals surface area contributed by atoms with Crippen molar-refractivity contribution in [2.45, 2.75) is 38.9 Å². The third kappa shape index (κ3) is 2.51. The number of hydrogen-bond acceptors (Lipinski definition) is 2. The lowest BCUT2D eigenvalue weighted by atomic mass is 9.75. The molecule has 1 aromatic rings. The Morgan fingerprint density at radius 3 is 2.00 bits per heavy atom. The van der Waals surface area contributed by atoms with Crippen LogP contribution in [0.3, 0.4) is 0 Å². The molecule has 0 aliphatic carbocycles. The minimum Gasteiger partial charge on any atom is -0.399 e. The van der Waals surface area contributed by atoms with E-state index in [-0.39, 0.29) is 18.3 Å². The Kier molecular flexibility index (Phi) is 3.90. The third-order valence-corrected chi connectivity index (χ3v) is 4.40. The molecule has 96 valence electrons. The average molecular weight is 356 g/mol. The molecule has 0 saturated carbocycles. The van der Waals surface area contributed by atoms with Crippen LogP contribution in [0.5, 0.6) is 0 Å². The maximum Gasteiger partial charge on any atom is 0.495 e. The monoisotopic (exact) mass is 356 g/mol. The zero-order valence-electron chi connectivity index (χ0n) is 11.2. The number of rotatable bonds is 2. The highest BCUT2D eigenvalue weighted by molar-refractivity contribution is 14.1. The van der Waals surface area contributed by atoms with Gasteiger partial charge in [-0.25, -0.2) is 0 Å². The first-order chi connectivity index (χ1) is 8.37. The van der Waals surface area contributed by atoms with E-state index in [1.807, 2.05) is 22.3 Å². The van der Waals surface area contributed by atoms with E-state index in [1.165, 1.54) is 0 Å². The van der Waals surface area contributed by atoms with Crippen LogP contribution in [0, 0.1) is 0 Å². The van der Waals surface area contributed by atoms with Crippen molar-refractivity contribution in [3.63, 3.8) is 0 Å². The second-order valence-electron chi connectivity index (χ2n) is 5.52. The summed E-state index contributed by atoms with van der Waals surface area (Å²) in [6, 6.07) is 10.2. The van der Waals surface area contributed by atoms with E-state index in [0.717, 1.165) is 11.0 Å². The lowest BCUT2D eigenvalue weighted by Gasteiger charge is -2.32. The van der Waals surface area contributed by atoms with Crippen molar-refractivity contribution >= 4 is 35.2 Å². The van der Waals surface area contributed by atoms with Gasteiger partial charge in [0, 0.05) is 0 Å². The van der Waals surface area contributed by atoms with Gasteiger partial charge in [0.25, 0.3) is 0 Å². The highest BCUT2D eigenvalue weighted by Crippen LogP contribution is 2.40. The molecule has 2 rings (SSSR count). The van der Waals surface area contributed by atoms with Gasteiger partial charge in [0.05, 0.1) is 11.2 Å². The van der Waals surface area contributed by atoms with Gasteiger partial charge >= 0.3 is 7.12 Å². The zero-order chi connectivity index (χ0) is 13.4. The second kappa shape index (κ2) is 4.98. The normalized spacial score (nSPS) is 22.3. The van der Waals surface area contributed by atoms with Gasteiger partial charge in [-0.1, -0.05) is 52.9 Å². The predicted molar refractivity (Wildman–Crippen MR) is 84.5 cm³/mol. The molecule has 1 saturated heterocycles. The van der Waals surface area contributed by atoms with Crippen LogP contribution in [0.4, 0.5) is 0 Å². The van der Waals surface area contributed by atoms with Crippen molar-refractivity contribution in [1.82, 2.24) is 0 Å². The number of benzene rings is 1. The first-order valence-corrected chi connectivity index (χ1v) is 7.33. The smallest absolute Gasteiger partial charge is 0.399 e. The molecule has 0 unspecified atom stereocenters. The summed E-state index contributed by atoms with van der Waals surface area (Å²) in [5, 5.41) is 0. The van der Waals surface area contributed by atoms with Gasteiger partial charge < -0.3 is 9.31 Å². The van der Waals surface area contributed by atoms with Gasteiger partial charge in [-0.15, -0.1) is 0 Å². The predicted octanol–water partition coefficient (Wildman–Crippen LogP) is 4.09. The summed E-state index contributed by atoms with van der Waals surface area (Å²) in [5.74, 6) is 0. The maximum atomic E-state index is 6.08. The lowest BCUT2D eigenvalue weighted by molar-refractivity contribution is 0.00578. The summed E-state index contributed by atoms with van der Waals surface area (Å²) < 4.78 is 14.2. The van der Waals surface area contributed by atoms with Crippen molar-refractivity contribution < 1.29 is 9.31 Å². The van der Waals surface area contributed by atoms with E-state index in [9.17, 15) is 0 Å². The standard InChI is InChI=1S/C14H18BIO2/c1-13(2)14(3,4)18-15(17-13)12(10-16)11-8-6-5-7-9-11/h5-10H,1-4H3/b12-10-. The molecule has 0 aromatic heterocycles. The molecule has 1 aliphatic heterocycles. The quantitative estimate of drug-likeness (QED) is 0.587. The maximum absolute atomic E-state index is 6.08. The summed E-state index contributed by atoms with van der Waals surface area (Å²) >= 11 is 2.24. The topological polar surface area (TPSA) is 18.5 Å². The van der Waals surface area contributed by atoms with Crippen molar-refractivity contribution in [1.29, 1.82) is 0 Å². The highest BCUT2D eigenvalue weighted by atomic mass is 127. The number of halogens is 1. The molecule has 0 radical (unpaired) electrons.